The van der Waals surface area contributed by atoms with Gasteiger partial charge in [-0.15, -0.1) is 10.2 Å². The van der Waals surface area contributed by atoms with Crippen molar-refractivity contribution in [3.05, 3.63) is 33.7 Å². The van der Waals surface area contributed by atoms with Gasteiger partial charge in [0.1, 0.15) is 0 Å². The first kappa shape index (κ1) is 17.2. The van der Waals surface area contributed by atoms with E-state index in [1.807, 2.05) is 24.3 Å². The summed E-state index contributed by atoms with van der Waals surface area (Å²) in [5, 5.41) is 11.0. The van der Waals surface area contributed by atoms with Gasteiger partial charge in [-0.3, -0.25) is 9.59 Å². The van der Waals surface area contributed by atoms with Gasteiger partial charge in [0.15, 0.2) is 0 Å². The number of aromatic nitrogens is 2. The van der Waals surface area contributed by atoms with Crippen LogP contribution < -0.4 is 5.32 Å². The normalized spacial score (nSPS) is 14.2. The molecule has 0 atom stereocenters. The Morgan fingerprint density at radius 2 is 2.29 bits per heavy atom. The predicted molar refractivity (Wildman–Crippen MR) is 97.5 cm³/mol. The number of rotatable bonds is 6. The van der Waals surface area contributed by atoms with E-state index in [-0.39, 0.29) is 17.6 Å². The zero-order valence-electron chi connectivity index (χ0n) is 12.7. The molecule has 126 valence electrons. The Balaban J connectivity index is 1.48. The first-order valence-corrected chi connectivity index (χ1v) is 9.45. The number of amides is 2. The van der Waals surface area contributed by atoms with Crippen LogP contribution in [0.5, 0.6) is 0 Å². The molecule has 7 nitrogen and oxygen atoms in total. The topological polar surface area (TPSA) is 88.3 Å². The largest absolute Gasteiger partial charge is 0.414 e. The smallest absolute Gasteiger partial charge is 0.277 e. The summed E-state index contributed by atoms with van der Waals surface area (Å²) in [4.78, 5) is 25.2. The van der Waals surface area contributed by atoms with E-state index >= 15 is 0 Å². The number of nitrogens with zero attached hydrogens (tertiary/aromatic N) is 3. The summed E-state index contributed by atoms with van der Waals surface area (Å²) in [6, 6.07) is 7.56. The van der Waals surface area contributed by atoms with E-state index in [0.717, 1.165) is 22.2 Å². The number of thioether (sulfide) groups is 1. The molecule has 0 radical (unpaired) electrons. The van der Waals surface area contributed by atoms with E-state index in [1.54, 1.807) is 4.90 Å². The lowest BCUT2D eigenvalue weighted by Crippen LogP contribution is -2.23. The lowest BCUT2D eigenvalue weighted by atomic mass is 10.3. The van der Waals surface area contributed by atoms with E-state index < -0.39 is 0 Å². The molecule has 1 aliphatic rings. The minimum Gasteiger partial charge on any atom is -0.414 e. The minimum absolute atomic E-state index is 0.110. The third-order valence-electron chi connectivity index (χ3n) is 3.38. The molecule has 1 aromatic heterocycles. The highest BCUT2D eigenvalue weighted by molar-refractivity contribution is 14.1. The zero-order chi connectivity index (χ0) is 16.9. The maximum atomic E-state index is 11.9. The van der Waals surface area contributed by atoms with Crippen molar-refractivity contribution in [1.82, 2.24) is 15.1 Å². The van der Waals surface area contributed by atoms with Gasteiger partial charge in [0, 0.05) is 22.2 Å². The third kappa shape index (κ3) is 4.69. The number of anilines is 1. The van der Waals surface area contributed by atoms with Crippen molar-refractivity contribution in [2.45, 2.75) is 24.6 Å². The third-order valence-corrected chi connectivity index (χ3v) is 4.87. The first-order chi connectivity index (χ1) is 11.6. The lowest BCUT2D eigenvalue weighted by Gasteiger charge is -2.11. The molecule has 2 amide bonds. The molecular formula is C15H15IN4O3S. The summed E-state index contributed by atoms with van der Waals surface area (Å²) in [7, 11) is 0. The van der Waals surface area contributed by atoms with Crippen LogP contribution in [0, 0.1) is 3.57 Å². The number of carbonyl (C=O) groups excluding carboxylic acids is 2. The second-order valence-corrected chi connectivity index (χ2v) is 7.40. The fraction of sp³-hybridized carbons (Fsp3) is 0.333. The van der Waals surface area contributed by atoms with Crippen LogP contribution >= 0.6 is 34.4 Å². The van der Waals surface area contributed by atoms with E-state index in [9.17, 15) is 9.59 Å². The number of nitrogens with one attached hydrogen (secondary N) is 1. The highest BCUT2D eigenvalue weighted by Crippen LogP contribution is 2.19. The number of carbonyl (C=O) groups is 2. The number of halogens is 1. The average molecular weight is 458 g/mol. The van der Waals surface area contributed by atoms with Crippen LogP contribution in [-0.4, -0.2) is 39.2 Å². The Hall–Kier alpha value is -1.62. The van der Waals surface area contributed by atoms with Crippen LogP contribution in [0.15, 0.2) is 33.9 Å². The van der Waals surface area contributed by atoms with Gasteiger partial charge in [0.05, 0.1) is 12.3 Å². The van der Waals surface area contributed by atoms with Gasteiger partial charge in [-0.05, 0) is 47.2 Å². The highest BCUT2D eigenvalue weighted by Gasteiger charge is 2.22. The lowest BCUT2D eigenvalue weighted by molar-refractivity contribution is -0.128. The van der Waals surface area contributed by atoms with Crippen LogP contribution in [0.1, 0.15) is 18.7 Å². The molecule has 1 aliphatic heterocycles. The van der Waals surface area contributed by atoms with Crippen molar-refractivity contribution in [3.63, 3.8) is 0 Å². The van der Waals surface area contributed by atoms with Crippen molar-refractivity contribution in [1.29, 1.82) is 0 Å². The molecule has 0 saturated carbocycles. The molecule has 0 unspecified atom stereocenters. The zero-order valence-corrected chi connectivity index (χ0v) is 15.7. The van der Waals surface area contributed by atoms with Gasteiger partial charge in [0.2, 0.25) is 17.7 Å². The van der Waals surface area contributed by atoms with Crippen LogP contribution in [0.3, 0.4) is 0 Å². The predicted octanol–water partition coefficient (Wildman–Crippen LogP) is 2.53. The quantitative estimate of drug-likeness (QED) is 0.529. The van der Waals surface area contributed by atoms with E-state index in [4.69, 9.17) is 4.42 Å². The Morgan fingerprint density at radius 3 is 3.04 bits per heavy atom. The Bertz CT molecular complexity index is 752. The molecule has 0 aliphatic carbocycles. The first-order valence-electron chi connectivity index (χ1n) is 7.38. The number of hydrogen-bond acceptors (Lipinski definition) is 6. The minimum atomic E-state index is -0.142. The van der Waals surface area contributed by atoms with Crippen molar-refractivity contribution in [3.8, 4) is 0 Å². The van der Waals surface area contributed by atoms with E-state index in [2.05, 4.69) is 38.1 Å². The molecule has 3 rings (SSSR count). The monoisotopic (exact) mass is 458 g/mol. The number of benzene rings is 1. The SMILES string of the molecule is O=C(CSc1nnc(CN2CCCC2=O)o1)Nc1cccc(I)c1. The molecule has 2 heterocycles. The molecule has 1 N–H and O–H groups in total. The Morgan fingerprint density at radius 1 is 1.42 bits per heavy atom. The van der Waals surface area contributed by atoms with Gasteiger partial charge >= 0.3 is 0 Å². The summed E-state index contributed by atoms with van der Waals surface area (Å²) in [5.41, 5.74) is 0.756. The summed E-state index contributed by atoms with van der Waals surface area (Å²) < 4.78 is 6.53. The highest BCUT2D eigenvalue weighted by atomic mass is 127. The van der Waals surface area contributed by atoms with Crippen molar-refractivity contribution in [2.24, 2.45) is 0 Å². The fourth-order valence-electron chi connectivity index (χ4n) is 2.29. The molecular weight excluding hydrogens is 443 g/mol. The summed E-state index contributed by atoms with van der Waals surface area (Å²) in [5.74, 6) is 0.539. The fourth-order valence-corrected chi connectivity index (χ4v) is 3.41. The van der Waals surface area contributed by atoms with E-state index in [0.29, 0.717) is 24.1 Å². The second-order valence-electron chi connectivity index (χ2n) is 5.23. The van der Waals surface area contributed by atoms with Crippen LogP contribution in [-0.2, 0) is 16.1 Å². The molecule has 1 fully saturated rings. The second kappa shape index (κ2) is 7.97. The van der Waals surface area contributed by atoms with Crippen molar-refractivity contribution in [2.75, 3.05) is 17.6 Å². The van der Waals surface area contributed by atoms with Gasteiger partial charge in [-0.2, -0.15) is 0 Å². The molecule has 0 bridgehead atoms. The molecule has 0 spiro atoms. The Kier molecular flexibility index (Phi) is 5.72. The number of likely N-dealkylation sites (tertiary alicyclic amines) is 1. The van der Waals surface area contributed by atoms with Crippen LogP contribution in [0.4, 0.5) is 5.69 Å². The summed E-state index contributed by atoms with van der Waals surface area (Å²) >= 11 is 3.36. The standard InChI is InChI=1S/C15H15IN4O3S/c16-10-3-1-4-11(7-10)17-12(21)9-24-15-19-18-13(23-15)8-20-6-2-5-14(20)22/h1,3-4,7H,2,5-6,8-9H2,(H,17,21). The summed E-state index contributed by atoms with van der Waals surface area (Å²) in [6.07, 6.45) is 1.45. The molecule has 1 aromatic carbocycles. The molecule has 24 heavy (non-hydrogen) atoms. The Labute approximate surface area is 156 Å². The average Bonchev–Trinajstić information content (AvgIpc) is 3.15. The number of hydrogen-bond donors (Lipinski definition) is 1. The van der Waals surface area contributed by atoms with Crippen LogP contribution in [0.25, 0.3) is 0 Å². The molecule has 9 heteroatoms. The molecule has 1 saturated heterocycles. The maximum absolute atomic E-state index is 11.9. The van der Waals surface area contributed by atoms with E-state index in [1.165, 1.54) is 11.8 Å². The van der Waals surface area contributed by atoms with Gasteiger partial charge in [-0.1, -0.05) is 17.8 Å². The van der Waals surface area contributed by atoms with Gasteiger partial charge < -0.3 is 14.6 Å². The van der Waals surface area contributed by atoms with Crippen LogP contribution in [0.2, 0.25) is 0 Å². The maximum Gasteiger partial charge on any atom is 0.277 e. The summed E-state index contributed by atoms with van der Waals surface area (Å²) in [6.45, 7) is 1.06. The van der Waals surface area contributed by atoms with Gasteiger partial charge in [-0.25, -0.2) is 0 Å². The van der Waals surface area contributed by atoms with Crippen molar-refractivity contribution >= 4 is 51.9 Å². The van der Waals surface area contributed by atoms with Gasteiger partial charge in [0.25, 0.3) is 5.22 Å². The molecule has 2 aromatic rings. The van der Waals surface area contributed by atoms with Crippen molar-refractivity contribution < 1.29 is 14.0 Å².